The third-order valence-corrected chi connectivity index (χ3v) is 6.41. The van der Waals surface area contributed by atoms with Crippen molar-refractivity contribution in [3.05, 3.63) is 54.8 Å². The second-order valence-electron chi connectivity index (χ2n) is 5.25. The van der Waals surface area contributed by atoms with Gasteiger partial charge in [-0.3, -0.25) is 9.36 Å². The zero-order chi connectivity index (χ0) is 16.7. The van der Waals surface area contributed by atoms with E-state index in [0.717, 1.165) is 15.3 Å². The van der Waals surface area contributed by atoms with Gasteiger partial charge in [-0.25, -0.2) is 9.37 Å². The third-order valence-electron chi connectivity index (χ3n) is 3.74. The molecule has 0 bridgehead atoms. The lowest BCUT2D eigenvalue weighted by Gasteiger charge is -2.08. The number of thiophene rings is 1. The average molecular weight is 413 g/mol. The molecular formula is C16H14BrFN2OS2. The van der Waals surface area contributed by atoms with Gasteiger partial charge in [0, 0.05) is 22.2 Å². The lowest BCUT2D eigenvalue weighted by molar-refractivity contribution is 0.616. The Morgan fingerprint density at radius 2 is 2.13 bits per heavy atom. The first-order chi connectivity index (χ1) is 10.9. The minimum atomic E-state index is -0.263. The Morgan fingerprint density at radius 1 is 1.39 bits per heavy atom. The van der Waals surface area contributed by atoms with Gasteiger partial charge in [0.1, 0.15) is 10.6 Å². The predicted molar refractivity (Wildman–Crippen MR) is 98.0 cm³/mol. The number of hydrogen-bond donors (Lipinski definition) is 0. The first kappa shape index (κ1) is 16.7. The Balaban J connectivity index is 1.97. The Bertz CT molecular complexity index is 965. The normalized spacial score (nSPS) is 11.3. The number of thioether (sulfide) groups is 1. The van der Waals surface area contributed by atoms with Gasteiger partial charge in [0.2, 0.25) is 0 Å². The van der Waals surface area contributed by atoms with Gasteiger partial charge in [-0.15, -0.1) is 11.3 Å². The Kier molecular flexibility index (Phi) is 4.62. The summed E-state index contributed by atoms with van der Waals surface area (Å²) < 4.78 is 16.2. The molecule has 3 aromatic rings. The molecular weight excluding hydrogens is 399 g/mol. The summed E-state index contributed by atoms with van der Waals surface area (Å²) in [6.07, 6.45) is 0. The summed E-state index contributed by atoms with van der Waals surface area (Å²) in [5, 5.41) is 1.29. The smallest absolute Gasteiger partial charge is 0.262 e. The molecule has 7 heteroatoms. The molecule has 1 aromatic carbocycles. The highest BCUT2D eigenvalue weighted by Gasteiger charge is 2.15. The SMILES string of the molecule is Cc1sc2nc(SCc3ccc(Br)cc3F)n(C)c(=O)c2c1C. The molecule has 0 saturated carbocycles. The second kappa shape index (κ2) is 6.37. The van der Waals surface area contributed by atoms with E-state index < -0.39 is 0 Å². The largest absolute Gasteiger partial charge is 0.290 e. The summed E-state index contributed by atoms with van der Waals surface area (Å²) in [6.45, 7) is 3.94. The van der Waals surface area contributed by atoms with E-state index in [-0.39, 0.29) is 11.4 Å². The lowest BCUT2D eigenvalue weighted by Crippen LogP contribution is -2.19. The van der Waals surface area contributed by atoms with Gasteiger partial charge in [-0.2, -0.15) is 0 Å². The van der Waals surface area contributed by atoms with Gasteiger partial charge in [-0.05, 0) is 37.1 Å². The lowest BCUT2D eigenvalue weighted by atomic mass is 10.2. The van der Waals surface area contributed by atoms with Crippen molar-refractivity contribution < 1.29 is 4.39 Å². The molecule has 0 radical (unpaired) electrons. The van der Waals surface area contributed by atoms with Crippen molar-refractivity contribution in [2.75, 3.05) is 0 Å². The molecule has 0 unspecified atom stereocenters. The Labute approximate surface area is 149 Å². The molecule has 3 rings (SSSR count). The maximum atomic E-state index is 13.9. The average Bonchev–Trinajstić information content (AvgIpc) is 2.78. The van der Waals surface area contributed by atoms with Gasteiger partial charge in [0.15, 0.2) is 5.16 Å². The molecule has 2 heterocycles. The highest BCUT2D eigenvalue weighted by Crippen LogP contribution is 2.29. The molecule has 0 aliphatic rings. The molecule has 23 heavy (non-hydrogen) atoms. The molecule has 0 atom stereocenters. The zero-order valence-corrected chi connectivity index (χ0v) is 16.0. The maximum Gasteiger partial charge on any atom is 0.262 e. The molecule has 0 aliphatic heterocycles. The van der Waals surface area contributed by atoms with Gasteiger partial charge >= 0.3 is 0 Å². The molecule has 0 N–H and O–H groups in total. The number of nitrogens with zero attached hydrogens (tertiary/aromatic N) is 2. The fourth-order valence-corrected chi connectivity index (χ4v) is 4.63. The number of hydrogen-bond acceptors (Lipinski definition) is 4. The summed E-state index contributed by atoms with van der Waals surface area (Å²) in [4.78, 5) is 19.0. The van der Waals surface area contributed by atoms with E-state index in [4.69, 9.17) is 0 Å². The molecule has 0 saturated heterocycles. The van der Waals surface area contributed by atoms with E-state index in [1.165, 1.54) is 29.2 Å². The number of halogens is 2. The summed E-state index contributed by atoms with van der Waals surface area (Å²) in [5.41, 5.74) is 1.54. The second-order valence-corrected chi connectivity index (χ2v) is 8.31. The number of aryl methyl sites for hydroxylation is 2. The van der Waals surface area contributed by atoms with Gasteiger partial charge < -0.3 is 0 Å². The standard InChI is InChI=1S/C16H14BrFN2OS2/c1-8-9(2)23-14-13(8)15(21)20(3)16(19-14)22-7-10-4-5-11(17)6-12(10)18/h4-6H,7H2,1-3H3. The maximum absolute atomic E-state index is 13.9. The Hall–Kier alpha value is -1.18. The van der Waals surface area contributed by atoms with Crippen LogP contribution in [0.1, 0.15) is 16.0 Å². The van der Waals surface area contributed by atoms with E-state index >= 15 is 0 Å². The highest BCUT2D eigenvalue weighted by molar-refractivity contribution is 9.10. The molecule has 0 fully saturated rings. The van der Waals surface area contributed by atoms with Crippen molar-refractivity contribution in [1.29, 1.82) is 0 Å². The van der Waals surface area contributed by atoms with E-state index in [1.54, 1.807) is 23.7 Å². The molecule has 0 aliphatic carbocycles. The van der Waals surface area contributed by atoms with E-state index in [1.807, 2.05) is 13.8 Å². The van der Waals surface area contributed by atoms with E-state index in [0.29, 0.717) is 26.3 Å². The van der Waals surface area contributed by atoms with Crippen LogP contribution in [0.4, 0.5) is 4.39 Å². The predicted octanol–water partition coefficient (Wildman–Crippen LogP) is 4.81. The highest BCUT2D eigenvalue weighted by atomic mass is 79.9. The van der Waals surface area contributed by atoms with Gasteiger partial charge in [0.05, 0.1) is 5.39 Å². The van der Waals surface area contributed by atoms with Crippen LogP contribution in [0.5, 0.6) is 0 Å². The Morgan fingerprint density at radius 3 is 2.83 bits per heavy atom. The van der Waals surface area contributed by atoms with Crippen LogP contribution in [-0.4, -0.2) is 9.55 Å². The van der Waals surface area contributed by atoms with Crippen LogP contribution in [-0.2, 0) is 12.8 Å². The summed E-state index contributed by atoms with van der Waals surface area (Å²) in [7, 11) is 1.71. The van der Waals surface area contributed by atoms with E-state index in [2.05, 4.69) is 20.9 Å². The molecule has 120 valence electrons. The van der Waals surface area contributed by atoms with Gasteiger partial charge in [-0.1, -0.05) is 33.8 Å². The first-order valence-electron chi connectivity index (χ1n) is 6.92. The number of rotatable bonds is 3. The van der Waals surface area contributed by atoms with Crippen LogP contribution in [0.15, 0.2) is 32.6 Å². The van der Waals surface area contributed by atoms with Crippen molar-refractivity contribution >= 4 is 49.2 Å². The molecule has 3 nitrogen and oxygen atoms in total. The van der Waals surface area contributed by atoms with Crippen molar-refractivity contribution in [2.45, 2.75) is 24.8 Å². The number of benzene rings is 1. The summed E-state index contributed by atoms with van der Waals surface area (Å²) in [5.74, 6) is 0.162. The fourth-order valence-electron chi connectivity index (χ4n) is 2.27. The topological polar surface area (TPSA) is 34.9 Å². The van der Waals surface area contributed by atoms with Crippen LogP contribution < -0.4 is 5.56 Å². The minimum Gasteiger partial charge on any atom is -0.290 e. The van der Waals surface area contributed by atoms with Crippen LogP contribution in [0.2, 0.25) is 0 Å². The summed E-state index contributed by atoms with van der Waals surface area (Å²) in [6, 6.07) is 4.99. The van der Waals surface area contributed by atoms with Crippen molar-refractivity contribution in [1.82, 2.24) is 9.55 Å². The minimum absolute atomic E-state index is 0.0457. The molecule has 0 amide bonds. The first-order valence-corrected chi connectivity index (χ1v) is 9.51. The van der Waals surface area contributed by atoms with Crippen LogP contribution >= 0.6 is 39.0 Å². The van der Waals surface area contributed by atoms with Crippen molar-refractivity contribution in [3.63, 3.8) is 0 Å². The monoisotopic (exact) mass is 412 g/mol. The number of fused-ring (bicyclic) bond motifs is 1. The van der Waals surface area contributed by atoms with E-state index in [9.17, 15) is 9.18 Å². The summed E-state index contributed by atoms with van der Waals surface area (Å²) >= 11 is 6.14. The zero-order valence-electron chi connectivity index (χ0n) is 12.8. The van der Waals surface area contributed by atoms with Crippen LogP contribution in [0, 0.1) is 19.7 Å². The molecule has 0 spiro atoms. The third kappa shape index (κ3) is 3.09. The van der Waals surface area contributed by atoms with Crippen LogP contribution in [0.25, 0.3) is 10.2 Å². The number of aromatic nitrogens is 2. The van der Waals surface area contributed by atoms with Crippen LogP contribution in [0.3, 0.4) is 0 Å². The fraction of sp³-hybridized carbons (Fsp3) is 0.250. The quantitative estimate of drug-likeness (QED) is 0.457. The van der Waals surface area contributed by atoms with Crippen molar-refractivity contribution in [3.8, 4) is 0 Å². The molecule has 2 aromatic heterocycles. The van der Waals surface area contributed by atoms with Crippen molar-refractivity contribution in [2.24, 2.45) is 7.05 Å². The van der Waals surface area contributed by atoms with Gasteiger partial charge in [0.25, 0.3) is 5.56 Å².